The zero-order chi connectivity index (χ0) is 10.0. The lowest BCUT2D eigenvalue weighted by Gasteiger charge is -2.49. The zero-order valence-electron chi connectivity index (χ0n) is 9.04. The predicted molar refractivity (Wildman–Crippen MR) is 62.8 cm³/mol. The molecular weight excluding hydrogens is 194 g/mol. The van der Waals surface area contributed by atoms with Gasteiger partial charge in [-0.1, -0.05) is 0 Å². The third kappa shape index (κ3) is 1.94. The molecule has 0 radical (unpaired) electrons. The van der Waals surface area contributed by atoms with E-state index in [1.165, 1.54) is 44.1 Å². The van der Waals surface area contributed by atoms with Crippen LogP contribution in [0.3, 0.4) is 0 Å². The molecule has 0 aromatic carbocycles. The first-order valence-corrected chi connectivity index (χ1v) is 6.64. The van der Waals surface area contributed by atoms with Crippen LogP contribution >= 0.6 is 11.8 Å². The Hall–Kier alpha value is 0.230. The molecule has 2 aliphatic heterocycles. The maximum atomic E-state index is 5.92. The minimum absolute atomic E-state index is 0.357. The van der Waals surface area contributed by atoms with Crippen LogP contribution in [0.15, 0.2) is 0 Å². The van der Waals surface area contributed by atoms with Crippen molar-refractivity contribution >= 4 is 11.8 Å². The average molecular weight is 215 g/mol. The van der Waals surface area contributed by atoms with Gasteiger partial charge in [0.1, 0.15) is 0 Å². The second-order valence-electron chi connectivity index (χ2n) is 4.57. The minimum Gasteiger partial charge on any atom is -0.329 e. The van der Waals surface area contributed by atoms with Gasteiger partial charge in [-0.3, -0.25) is 4.90 Å². The highest BCUT2D eigenvalue weighted by atomic mass is 32.2. The Bertz CT molecular complexity index is 188. The predicted octanol–water partition coefficient (Wildman–Crippen LogP) is 0.0682. The normalized spacial score (nSPS) is 29.6. The summed E-state index contributed by atoms with van der Waals surface area (Å²) in [4.78, 5) is 5.06. The Morgan fingerprint density at radius 2 is 2.00 bits per heavy atom. The van der Waals surface area contributed by atoms with Crippen LogP contribution < -0.4 is 5.73 Å². The van der Waals surface area contributed by atoms with E-state index in [1.807, 2.05) is 11.8 Å². The molecule has 2 N–H and O–H groups in total. The lowest BCUT2D eigenvalue weighted by Crippen LogP contribution is -2.63. The molecule has 0 saturated carbocycles. The zero-order valence-corrected chi connectivity index (χ0v) is 9.85. The van der Waals surface area contributed by atoms with Gasteiger partial charge < -0.3 is 10.6 Å². The first-order valence-electron chi connectivity index (χ1n) is 5.48. The van der Waals surface area contributed by atoms with Gasteiger partial charge in [0, 0.05) is 37.7 Å². The maximum Gasteiger partial charge on any atom is 0.0512 e. The standard InChI is InChI=1S/C10H21N3S/c1-12-3-2-4-13(6-5-12)10(7-11)8-14-9-10/h2-9,11H2,1H3. The average Bonchev–Trinajstić information content (AvgIpc) is 2.31. The molecule has 0 aliphatic carbocycles. The van der Waals surface area contributed by atoms with Crippen molar-refractivity contribution in [3.63, 3.8) is 0 Å². The summed E-state index contributed by atoms with van der Waals surface area (Å²) in [5.74, 6) is 2.49. The van der Waals surface area contributed by atoms with E-state index in [2.05, 4.69) is 16.8 Å². The van der Waals surface area contributed by atoms with Crippen molar-refractivity contribution in [3.8, 4) is 0 Å². The molecule has 2 fully saturated rings. The molecule has 14 heavy (non-hydrogen) atoms. The fraction of sp³-hybridized carbons (Fsp3) is 1.00. The van der Waals surface area contributed by atoms with Gasteiger partial charge in [0.05, 0.1) is 5.54 Å². The first kappa shape index (κ1) is 10.7. The fourth-order valence-corrected chi connectivity index (χ4v) is 3.56. The number of hydrogen-bond acceptors (Lipinski definition) is 4. The van der Waals surface area contributed by atoms with Crippen molar-refractivity contribution in [2.75, 3.05) is 51.3 Å². The van der Waals surface area contributed by atoms with Gasteiger partial charge in [0.2, 0.25) is 0 Å². The van der Waals surface area contributed by atoms with Gasteiger partial charge in [0.25, 0.3) is 0 Å². The van der Waals surface area contributed by atoms with Crippen LogP contribution in [-0.4, -0.2) is 66.6 Å². The van der Waals surface area contributed by atoms with Crippen molar-refractivity contribution in [2.45, 2.75) is 12.0 Å². The highest BCUT2D eigenvalue weighted by Crippen LogP contribution is 2.34. The summed E-state index contributed by atoms with van der Waals surface area (Å²) in [5.41, 5.74) is 6.27. The molecule has 0 unspecified atom stereocenters. The van der Waals surface area contributed by atoms with Crippen molar-refractivity contribution in [2.24, 2.45) is 5.73 Å². The lowest BCUT2D eigenvalue weighted by atomic mass is 10.0. The smallest absolute Gasteiger partial charge is 0.0512 e. The van der Waals surface area contributed by atoms with E-state index < -0.39 is 0 Å². The summed E-state index contributed by atoms with van der Waals surface area (Å²) in [6.45, 7) is 5.72. The van der Waals surface area contributed by atoms with Crippen molar-refractivity contribution in [1.82, 2.24) is 9.80 Å². The van der Waals surface area contributed by atoms with Crippen LogP contribution in [0.4, 0.5) is 0 Å². The first-order chi connectivity index (χ1) is 6.77. The highest BCUT2D eigenvalue weighted by Gasteiger charge is 2.42. The molecule has 0 spiro atoms. The van der Waals surface area contributed by atoms with E-state index in [-0.39, 0.29) is 0 Å². The number of nitrogens with zero attached hydrogens (tertiary/aromatic N) is 2. The molecule has 82 valence electrons. The van der Waals surface area contributed by atoms with Crippen LogP contribution in [0, 0.1) is 0 Å². The van der Waals surface area contributed by atoms with E-state index in [1.54, 1.807) is 0 Å². The largest absolute Gasteiger partial charge is 0.329 e. The fourth-order valence-electron chi connectivity index (χ4n) is 2.29. The molecule has 2 aliphatic rings. The summed E-state index contributed by atoms with van der Waals surface area (Å²) in [5, 5.41) is 0. The van der Waals surface area contributed by atoms with E-state index in [0.29, 0.717) is 5.54 Å². The summed E-state index contributed by atoms with van der Waals surface area (Å²) in [7, 11) is 2.22. The number of hydrogen-bond donors (Lipinski definition) is 1. The topological polar surface area (TPSA) is 32.5 Å². The summed E-state index contributed by atoms with van der Waals surface area (Å²) >= 11 is 2.03. The van der Waals surface area contributed by atoms with Gasteiger partial charge in [-0.25, -0.2) is 0 Å². The number of rotatable bonds is 2. The van der Waals surface area contributed by atoms with Crippen molar-refractivity contribution in [1.29, 1.82) is 0 Å². The minimum atomic E-state index is 0.357. The third-order valence-electron chi connectivity index (χ3n) is 3.51. The molecule has 0 bridgehead atoms. The number of thioether (sulfide) groups is 1. The Morgan fingerprint density at radius 3 is 2.57 bits per heavy atom. The second kappa shape index (κ2) is 4.39. The molecule has 0 aromatic heterocycles. The van der Waals surface area contributed by atoms with Gasteiger partial charge >= 0.3 is 0 Å². The van der Waals surface area contributed by atoms with Gasteiger partial charge in [-0.2, -0.15) is 11.8 Å². The van der Waals surface area contributed by atoms with Gasteiger partial charge in [-0.15, -0.1) is 0 Å². The van der Waals surface area contributed by atoms with E-state index in [4.69, 9.17) is 5.73 Å². The van der Waals surface area contributed by atoms with E-state index in [9.17, 15) is 0 Å². The number of nitrogens with two attached hydrogens (primary N) is 1. The lowest BCUT2D eigenvalue weighted by molar-refractivity contribution is 0.131. The summed E-state index contributed by atoms with van der Waals surface area (Å²) in [6, 6.07) is 0. The molecule has 2 heterocycles. The van der Waals surface area contributed by atoms with Crippen LogP contribution in [-0.2, 0) is 0 Å². The Morgan fingerprint density at radius 1 is 1.21 bits per heavy atom. The Balaban J connectivity index is 1.95. The van der Waals surface area contributed by atoms with E-state index >= 15 is 0 Å². The van der Waals surface area contributed by atoms with E-state index in [0.717, 1.165) is 6.54 Å². The monoisotopic (exact) mass is 215 g/mol. The van der Waals surface area contributed by atoms with Gasteiger partial charge in [0.15, 0.2) is 0 Å². The SMILES string of the molecule is CN1CCCN(C2(CN)CSC2)CC1. The quantitative estimate of drug-likeness (QED) is 0.706. The third-order valence-corrected chi connectivity index (χ3v) is 4.99. The molecule has 2 rings (SSSR count). The van der Waals surface area contributed by atoms with Crippen molar-refractivity contribution < 1.29 is 0 Å². The summed E-state index contributed by atoms with van der Waals surface area (Å²) in [6.07, 6.45) is 1.29. The highest BCUT2D eigenvalue weighted by molar-refractivity contribution is 8.00. The van der Waals surface area contributed by atoms with Crippen LogP contribution in [0.2, 0.25) is 0 Å². The number of likely N-dealkylation sites (N-methyl/N-ethyl adjacent to an activating group) is 1. The maximum absolute atomic E-state index is 5.92. The second-order valence-corrected chi connectivity index (χ2v) is 5.55. The van der Waals surface area contributed by atoms with Crippen LogP contribution in [0.5, 0.6) is 0 Å². The molecule has 0 atom stereocenters. The van der Waals surface area contributed by atoms with Gasteiger partial charge in [-0.05, 0) is 20.0 Å². The molecule has 2 saturated heterocycles. The van der Waals surface area contributed by atoms with Crippen LogP contribution in [0.1, 0.15) is 6.42 Å². The Labute approximate surface area is 91.0 Å². The Kier molecular flexibility index (Phi) is 3.37. The molecule has 0 aromatic rings. The summed E-state index contributed by atoms with van der Waals surface area (Å²) < 4.78 is 0. The molecule has 0 amide bonds. The molecule has 3 nitrogen and oxygen atoms in total. The van der Waals surface area contributed by atoms with Crippen molar-refractivity contribution in [3.05, 3.63) is 0 Å². The molecular formula is C10H21N3S. The van der Waals surface area contributed by atoms with Crippen LogP contribution in [0.25, 0.3) is 0 Å². The molecule has 4 heteroatoms.